The van der Waals surface area contributed by atoms with Gasteiger partial charge in [0.2, 0.25) is 0 Å². The lowest BCUT2D eigenvalue weighted by molar-refractivity contribution is 0.0929. The van der Waals surface area contributed by atoms with Gasteiger partial charge in [0.05, 0.1) is 11.6 Å². The summed E-state index contributed by atoms with van der Waals surface area (Å²) in [5.41, 5.74) is 1.24. The second kappa shape index (κ2) is 6.06. The van der Waals surface area contributed by atoms with Crippen LogP contribution in [0.25, 0.3) is 0 Å². The van der Waals surface area contributed by atoms with Gasteiger partial charge in [-0.3, -0.25) is 4.79 Å². The number of hydrogen-bond acceptors (Lipinski definition) is 3. The van der Waals surface area contributed by atoms with Gasteiger partial charge in [0, 0.05) is 18.2 Å². The van der Waals surface area contributed by atoms with E-state index >= 15 is 0 Å². The Morgan fingerprint density at radius 1 is 1.55 bits per heavy atom. The van der Waals surface area contributed by atoms with Crippen LogP contribution >= 0.6 is 0 Å². The minimum atomic E-state index is -0.120. The standard InChI is InChI=1S/C16H21N3O/c1-16(2)7-4-8-18-14(16)11-19-15(20)13-6-3-5-12(9-13)10-17/h3,5-6,9,14,18H,4,7-8,11H2,1-2H3,(H,19,20). The summed E-state index contributed by atoms with van der Waals surface area (Å²) in [4.78, 5) is 12.1. The summed E-state index contributed by atoms with van der Waals surface area (Å²) in [6.07, 6.45) is 2.35. The summed E-state index contributed by atoms with van der Waals surface area (Å²) < 4.78 is 0. The number of carbonyl (C=O) groups excluding carboxylic acids is 1. The fourth-order valence-electron chi connectivity index (χ4n) is 2.65. The van der Waals surface area contributed by atoms with Crippen molar-refractivity contribution in [2.75, 3.05) is 13.1 Å². The average Bonchev–Trinajstić information content (AvgIpc) is 2.45. The van der Waals surface area contributed by atoms with E-state index in [1.165, 1.54) is 12.8 Å². The molecule has 0 saturated carbocycles. The molecule has 1 saturated heterocycles. The summed E-state index contributed by atoms with van der Waals surface area (Å²) in [5, 5.41) is 15.3. The van der Waals surface area contributed by atoms with Crippen LogP contribution in [0.1, 0.15) is 42.6 Å². The summed E-state index contributed by atoms with van der Waals surface area (Å²) in [5.74, 6) is -0.120. The van der Waals surface area contributed by atoms with E-state index < -0.39 is 0 Å². The molecular formula is C16H21N3O. The number of carbonyl (C=O) groups is 1. The summed E-state index contributed by atoms with van der Waals surface area (Å²) >= 11 is 0. The molecule has 1 amide bonds. The molecule has 1 aliphatic heterocycles. The van der Waals surface area contributed by atoms with Gasteiger partial charge < -0.3 is 10.6 Å². The number of hydrogen-bond donors (Lipinski definition) is 2. The Hall–Kier alpha value is -1.86. The Morgan fingerprint density at radius 2 is 2.35 bits per heavy atom. The van der Waals surface area contributed by atoms with E-state index in [1.807, 2.05) is 6.07 Å². The van der Waals surface area contributed by atoms with Crippen molar-refractivity contribution in [3.63, 3.8) is 0 Å². The second-order valence-corrected chi connectivity index (χ2v) is 6.00. The highest BCUT2D eigenvalue weighted by atomic mass is 16.1. The highest BCUT2D eigenvalue weighted by Gasteiger charge is 2.31. The number of nitrogens with zero attached hydrogens (tertiary/aromatic N) is 1. The molecule has 1 aliphatic rings. The highest BCUT2D eigenvalue weighted by Crippen LogP contribution is 2.29. The second-order valence-electron chi connectivity index (χ2n) is 6.00. The number of nitrogens with one attached hydrogen (secondary N) is 2. The van der Waals surface area contributed by atoms with Gasteiger partial charge in [0.1, 0.15) is 0 Å². The van der Waals surface area contributed by atoms with Crippen molar-refractivity contribution in [2.45, 2.75) is 32.7 Å². The Balaban J connectivity index is 1.96. The Morgan fingerprint density at radius 3 is 3.05 bits per heavy atom. The molecule has 2 N–H and O–H groups in total. The van der Waals surface area contributed by atoms with Gasteiger partial charge in [-0.15, -0.1) is 0 Å². The fraction of sp³-hybridized carbons (Fsp3) is 0.500. The minimum absolute atomic E-state index is 0.120. The quantitative estimate of drug-likeness (QED) is 0.884. The number of amides is 1. The van der Waals surface area contributed by atoms with Gasteiger partial charge >= 0.3 is 0 Å². The van der Waals surface area contributed by atoms with Gasteiger partial charge in [-0.1, -0.05) is 19.9 Å². The van der Waals surface area contributed by atoms with Crippen LogP contribution in [-0.4, -0.2) is 25.0 Å². The van der Waals surface area contributed by atoms with E-state index in [9.17, 15) is 4.79 Å². The molecule has 1 fully saturated rings. The van der Waals surface area contributed by atoms with Crippen molar-refractivity contribution in [2.24, 2.45) is 5.41 Å². The number of nitriles is 1. The number of piperidine rings is 1. The zero-order valence-corrected chi connectivity index (χ0v) is 12.1. The number of benzene rings is 1. The first kappa shape index (κ1) is 14.5. The first-order valence-corrected chi connectivity index (χ1v) is 7.05. The van der Waals surface area contributed by atoms with E-state index in [4.69, 9.17) is 5.26 Å². The predicted molar refractivity (Wildman–Crippen MR) is 78.3 cm³/mol. The lowest BCUT2D eigenvalue weighted by Crippen LogP contribution is -2.52. The maximum Gasteiger partial charge on any atom is 0.251 e. The zero-order chi connectivity index (χ0) is 14.6. The molecule has 0 aromatic heterocycles. The Labute approximate surface area is 120 Å². The van der Waals surface area contributed by atoms with Crippen molar-refractivity contribution in [3.8, 4) is 6.07 Å². The van der Waals surface area contributed by atoms with Crippen LogP contribution in [0.5, 0.6) is 0 Å². The van der Waals surface area contributed by atoms with Gasteiger partial charge in [-0.05, 0) is 43.0 Å². The maximum atomic E-state index is 12.1. The largest absolute Gasteiger partial charge is 0.350 e. The third kappa shape index (κ3) is 3.37. The van der Waals surface area contributed by atoms with E-state index in [2.05, 4.69) is 24.5 Å². The van der Waals surface area contributed by atoms with Gasteiger partial charge in [0.15, 0.2) is 0 Å². The van der Waals surface area contributed by atoms with E-state index in [-0.39, 0.29) is 11.3 Å². The topological polar surface area (TPSA) is 64.9 Å². The fourth-order valence-corrected chi connectivity index (χ4v) is 2.65. The summed E-state index contributed by atoms with van der Waals surface area (Å²) in [6, 6.07) is 9.12. The van der Waals surface area contributed by atoms with Crippen LogP contribution in [0, 0.1) is 16.7 Å². The lowest BCUT2D eigenvalue weighted by atomic mass is 9.77. The molecule has 4 nitrogen and oxygen atoms in total. The van der Waals surface area contributed by atoms with Gasteiger partial charge in [0.25, 0.3) is 5.91 Å². The van der Waals surface area contributed by atoms with Crippen molar-refractivity contribution in [1.82, 2.24) is 10.6 Å². The highest BCUT2D eigenvalue weighted by molar-refractivity contribution is 5.94. The normalized spacial score (nSPS) is 20.9. The molecule has 106 valence electrons. The molecule has 2 rings (SSSR count). The molecule has 0 aliphatic carbocycles. The molecule has 1 aromatic carbocycles. The van der Waals surface area contributed by atoms with Crippen molar-refractivity contribution < 1.29 is 4.79 Å². The van der Waals surface area contributed by atoms with Crippen LogP contribution in [0.3, 0.4) is 0 Å². The molecule has 20 heavy (non-hydrogen) atoms. The van der Waals surface area contributed by atoms with Gasteiger partial charge in [-0.25, -0.2) is 0 Å². The molecule has 0 bridgehead atoms. The van der Waals surface area contributed by atoms with E-state index in [0.717, 1.165) is 6.54 Å². The third-order valence-corrected chi connectivity index (χ3v) is 4.05. The van der Waals surface area contributed by atoms with Crippen molar-refractivity contribution in [1.29, 1.82) is 5.26 Å². The monoisotopic (exact) mass is 271 g/mol. The molecule has 0 spiro atoms. The molecule has 4 heteroatoms. The van der Waals surface area contributed by atoms with Crippen LogP contribution in [0.4, 0.5) is 0 Å². The molecule has 0 radical (unpaired) electrons. The van der Waals surface area contributed by atoms with Crippen LogP contribution < -0.4 is 10.6 Å². The van der Waals surface area contributed by atoms with E-state index in [1.54, 1.807) is 24.3 Å². The molecule has 1 heterocycles. The Bertz CT molecular complexity index is 531. The van der Waals surface area contributed by atoms with Crippen LogP contribution in [0.2, 0.25) is 0 Å². The first-order valence-electron chi connectivity index (χ1n) is 7.05. The van der Waals surface area contributed by atoms with Crippen molar-refractivity contribution in [3.05, 3.63) is 35.4 Å². The summed E-state index contributed by atoms with van der Waals surface area (Å²) in [7, 11) is 0. The molecule has 1 unspecified atom stereocenters. The van der Waals surface area contributed by atoms with E-state index in [0.29, 0.717) is 23.7 Å². The molecule has 1 aromatic rings. The SMILES string of the molecule is CC1(C)CCCNC1CNC(=O)c1cccc(C#N)c1. The minimum Gasteiger partial charge on any atom is -0.350 e. The number of rotatable bonds is 3. The smallest absolute Gasteiger partial charge is 0.251 e. The lowest BCUT2D eigenvalue weighted by Gasteiger charge is -2.39. The van der Waals surface area contributed by atoms with Crippen LogP contribution in [-0.2, 0) is 0 Å². The summed E-state index contributed by atoms with van der Waals surface area (Å²) in [6.45, 7) is 6.08. The molecule has 1 atom stereocenters. The zero-order valence-electron chi connectivity index (χ0n) is 12.1. The predicted octanol–water partition coefficient (Wildman–Crippen LogP) is 2.07. The third-order valence-electron chi connectivity index (χ3n) is 4.05. The molecular weight excluding hydrogens is 250 g/mol. The maximum absolute atomic E-state index is 12.1. The average molecular weight is 271 g/mol. The first-order chi connectivity index (χ1) is 9.53. The van der Waals surface area contributed by atoms with Gasteiger partial charge in [-0.2, -0.15) is 5.26 Å². The van der Waals surface area contributed by atoms with Crippen molar-refractivity contribution >= 4 is 5.91 Å². The van der Waals surface area contributed by atoms with Crippen LogP contribution in [0.15, 0.2) is 24.3 Å². The Kier molecular flexibility index (Phi) is 4.41.